The van der Waals surface area contributed by atoms with E-state index in [1.165, 1.54) is 19.2 Å². The summed E-state index contributed by atoms with van der Waals surface area (Å²) in [5, 5.41) is 13.9. The quantitative estimate of drug-likeness (QED) is 0.808. The Morgan fingerprint density at radius 1 is 1.08 bits per heavy atom. The van der Waals surface area contributed by atoms with E-state index < -0.39 is 18.5 Å². The van der Waals surface area contributed by atoms with Gasteiger partial charge in [-0.25, -0.2) is 4.79 Å². The molecule has 2 aromatic rings. The third kappa shape index (κ3) is 4.91. The third-order valence-electron chi connectivity index (χ3n) is 3.22. The lowest BCUT2D eigenvalue weighted by Gasteiger charge is -2.07. The van der Waals surface area contributed by atoms with Crippen LogP contribution in [-0.2, 0) is 9.53 Å². The molecule has 0 heterocycles. The van der Waals surface area contributed by atoms with Gasteiger partial charge >= 0.3 is 5.97 Å². The monoisotopic (exact) mass is 337 g/mol. The number of nitrogens with zero attached hydrogens (tertiary/aromatic N) is 1. The first-order valence-electron chi connectivity index (χ1n) is 7.33. The molecule has 7 heteroatoms. The molecule has 0 aliphatic carbocycles. The second-order valence-electron chi connectivity index (χ2n) is 4.97. The number of hydrogen-bond acceptors (Lipinski definition) is 5. The Kier molecular flexibility index (Phi) is 5.85. The number of carbonyl (C=O) groups excluding carboxylic acids is 3. The normalized spacial score (nSPS) is 9.60. The van der Waals surface area contributed by atoms with E-state index in [1.807, 2.05) is 6.07 Å². The number of amides is 2. The van der Waals surface area contributed by atoms with Crippen molar-refractivity contribution in [2.45, 2.75) is 0 Å². The molecule has 0 atom stereocenters. The molecule has 2 N–H and O–H groups in total. The van der Waals surface area contributed by atoms with E-state index in [-0.39, 0.29) is 11.5 Å². The molecule has 25 heavy (non-hydrogen) atoms. The molecule has 0 aliphatic heterocycles. The number of rotatable bonds is 5. The molecule has 0 bridgehead atoms. The molecule has 0 saturated carbocycles. The molecule has 0 aliphatic rings. The van der Waals surface area contributed by atoms with Gasteiger partial charge in [0.15, 0.2) is 6.61 Å². The van der Waals surface area contributed by atoms with Crippen LogP contribution < -0.4 is 10.6 Å². The molecule has 0 spiro atoms. The Hall–Kier alpha value is -3.66. The highest BCUT2D eigenvalue weighted by Gasteiger charge is 2.11. The Morgan fingerprint density at radius 3 is 2.44 bits per heavy atom. The number of ether oxygens (including phenoxy) is 1. The zero-order valence-corrected chi connectivity index (χ0v) is 13.4. The van der Waals surface area contributed by atoms with Crippen molar-refractivity contribution < 1.29 is 19.1 Å². The molecule has 7 nitrogen and oxygen atoms in total. The van der Waals surface area contributed by atoms with Gasteiger partial charge in [-0.2, -0.15) is 5.26 Å². The van der Waals surface area contributed by atoms with Gasteiger partial charge in [-0.15, -0.1) is 0 Å². The molecule has 2 amide bonds. The van der Waals surface area contributed by atoms with Gasteiger partial charge in [0.05, 0.1) is 17.2 Å². The number of esters is 1. The number of nitriles is 1. The second-order valence-corrected chi connectivity index (χ2v) is 4.97. The first kappa shape index (κ1) is 17.7. The number of nitrogens with one attached hydrogen (secondary N) is 2. The lowest BCUT2D eigenvalue weighted by Crippen LogP contribution is -2.21. The summed E-state index contributed by atoms with van der Waals surface area (Å²) in [4.78, 5) is 35.1. The average Bonchev–Trinajstić information content (AvgIpc) is 2.66. The van der Waals surface area contributed by atoms with Gasteiger partial charge in [0, 0.05) is 18.3 Å². The highest BCUT2D eigenvalue weighted by atomic mass is 16.5. The van der Waals surface area contributed by atoms with Crippen LogP contribution >= 0.6 is 0 Å². The maximum absolute atomic E-state index is 11.9. The summed E-state index contributed by atoms with van der Waals surface area (Å²) in [5.41, 5.74) is 1.46. The Balaban J connectivity index is 1.89. The van der Waals surface area contributed by atoms with Crippen LogP contribution in [0.25, 0.3) is 0 Å². The first-order chi connectivity index (χ1) is 12.0. The van der Waals surface area contributed by atoms with Gasteiger partial charge < -0.3 is 15.4 Å². The van der Waals surface area contributed by atoms with Gasteiger partial charge in [-0.05, 0) is 42.5 Å². The Labute approximate surface area is 144 Å². The molecule has 0 radical (unpaired) electrons. The van der Waals surface area contributed by atoms with Crippen molar-refractivity contribution in [2.75, 3.05) is 19.0 Å². The highest BCUT2D eigenvalue weighted by molar-refractivity contribution is 5.97. The molecule has 0 fully saturated rings. The van der Waals surface area contributed by atoms with E-state index in [0.717, 1.165) is 0 Å². The van der Waals surface area contributed by atoms with Gasteiger partial charge in [0.1, 0.15) is 0 Å². The van der Waals surface area contributed by atoms with E-state index >= 15 is 0 Å². The van der Waals surface area contributed by atoms with Crippen molar-refractivity contribution in [1.29, 1.82) is 5.26 Å². The smallest absolute Gasteiger partial charge is 0.338 e. The standard InChI is InChI=1S/C18H15N3O4/c1-20-17(23)13-5-7-15(8-6-13)21-16(22)11-25-18(24)14-4-2-3-12(9-14)10-19/h2-9H,11H2,1H3,(H,20,23)(H,21,22). The first-order valence-corrected chi connectivity index (χ1v) is 7.33. The number of anilines is 1. The summed E-state index contributed by atoms with van der Waals surface area (Å²) >= 11 is 0. The van der Waals surface area contributed by atoms with Crippen molar-refractivity contribution in [1.82, 2.24) is 5.32 Å². The van der Waals surface area contributed by atoms with Gasteiger partial charge in [-0.1, -0.05) is 6.07 Å². The van der Waals surface area contributed by atoms with Crippen LogP contribution in [0, 0.1) is 11.3 Å². The minimum atomic E-state index is -0.692. The Morgan fingerprint density at radius 2 is 1.80 bits per heavy atom. The van der Waals surface area contributed by atoms with Gasteiger partial charge in [0.25, 0.3) is 11.8 Å². The van der Waals surface area contributed by atoms with Gasteiger partial charge in [-0.3, -0.25) is 9.59 Å². The van der Waals surface area contributed by atoms with Crippen LogP contribution in [0.5, 0.6) is 0 Å². The lowest BCUT2D eigenvalue weighted by atomic mass is 10.1. The molecular weight excluding hydrogens is 322 g/mol. The lowest BCUT2D eigenvalue weighted by molar-refractivity contribution is -0.119. The molecule has 2 rings (SSSR count). The summed E-state index contributed by atoms with van der Waals surface area (Å²) in [7, 11) is 1.53. The van der Waals surface area contributed by atoms with Crippen LogP contribution in [0.15, 0.2) is 48.5 Å². The fourth-order valence-corrected chi connectivity index (χ4v) is 1.98. The zero-order chi connectivity index (χ0) is 18.2. The largest absolute Gasteiger partial charge is 0.452 e. The van der Waals surface area contributed by atoms with E-state index in [1.54, 1.807) is 36.4 Å². The fourth-order valence-electron chi connectivity index (χ4n) is 1.98. The van der Waals surface area contributed by atoms with Crippen molar-refractivity contribution in [2.24, 2.45) is 0 Å². The molecule has 0 saturated heterocycles. The molecule has 2 aromatic carbocycles. The van der Waals surface area contributed by atoms with Crippen LogP contribution in [0.2, 0.25) is 0 Å². The summed E-state index contributed by atoms with van der Waals surface area (Å²) in [5.74, 6) is -1.44. The average molecular weight is 337 g/mol. The van der Waals surface area contributed by atoms with E-state index in [2.05, 4.69) is 10.6 Å². The molecule has 0 unspecified atom stereocenters. The summed E-state index contributed by atoms with van der Waals surface area (Å²) in [6.07, 6.45) is 0. The Bertz CT molecular complexity index is 838. The maximum Gasteiger partial charge on any atom is 0.338 e. The van der Waals surface area contributed by atoms with Crippen molar-refractivity contribution in [3.63, 3.8) is 0 Å². The van der Waals surface area contributed by atoms with Crippen LogP contribution in [0.1, 0.15) is 26.3 Å². The van der Waals surface area contributed by atoms with Crippen LogP contribution in [0.3, 0.4) is 0 Å². The van der Waals surface area contributed by atoms with E-state index in [4.69, 9.17) is 10.00 Å². The molecular formula is C18H15N3O4. The van der Waals surface area contributed by atoms with E-state index in [9.17, 15) is 14.4 Å². The molecule has 126 valence electrons. The summed E-state index contributed by atoms with van der Waals surface area (Å²) < 4.78 is 4.92. The fraction of sp³-hybridized carbons (Fsp3) is 0.111. The predicted molar refractivity (Wildman–Crippen MR) is 89.9 cm³/mol. The van der Waals surface area contributed by atoms with Gasteiger partial charge in [0.2, 0.25) is 0 Å². The number of hydrogen-bond donors (Lipinski definition) is 2. The minimum Gasteiger partial charge on any atom is -0.452 e. The summed E-state index contributed by atoms with van der Waals surface area (Å²) in [6, 6.07) is 14.2. The van der Waals surface area contributed by atoms with Crippen LogP contribution in [-0.4, -0.2) is 31.4 Å². The van der Waals surface area contributed by atoms with Crippen molar-refractivity contribution in [3.8, 4) is 6.07 Å². The topological polar surface area (TPSA) is 108 Å². The highest BCUT2D eigenvalue weighted by Crippen LogP contribution is 2.10. The van der Waals surface area contributed by atoms with Crippen molar-refractivity contribution >= 4 is 23.5 Å². The predicted octanol–water partition coefficient (Wildman–Crippen LogP) is 1.71. The van der Waals surface area contributed by atoms with E-state index in [0.29, 0.717) is 16.8 Å². The zero-order valence-electron chi connectivity index (χ0n) is 13.4. The van der Waals surface area contributed by atoms with Crippen molar-refractivity contribution in [3.05, 3.63) is 65.2 Å². The number of carbonyl (C=O) groups is 3. The number of benzene rings is 2. The maximum atomic E-state index is 11.9. The van der Waals surface area contributed by atoms with Crippen LogP contribution in [0.4, 0.5) is 5.69 Å². The molecule has 0 aromatic heterocycles. The SMILES string of the molecule is CNC(=O)c1ccc(NC(=O)COC(=O)c2cccc(C#N)c2)cc1. The summed E-state index contributed by atoms with van der Waals surface area (Å²) in [6.45, 7) is -0.465. The second kappa shape index (κ2) is 8.26. The minimum absolute atomic E-state index is 0.196. The third-order valence-corrected chi connectivity index (χ3v) is 3.22.